The minimum atomic E-state index is 0.212. The summed E-state index contributed by atoms with van der Waals surface area (Å²) in [6, 6.07) is 1.47. The quantitative estimate of drug-likeness (QED) is 0.763. The third-order valence-electron chi connectivity index (χ3n) is 4.92. The second-order valence-corrected chi connectivity index (χ2v) is 7.01. The van der Waals surface area contributed by atoms with Crippen LogP contribution in [-0.4, -0.2) is 53.8 Å². The fourth-order valence-electron chi connectivity index (χ4n) is 3.18. The fourth-order valence-corrected chi connectivity index (χ4v) is 3.18. The Morgan fingerprint density at radius 3 is 2.16 bits per heavy atom. The average Bonchev–Trinajstić information content (AvgIpc) is 2.28. The molecule has 0 aromatic carbocycles. The lowest BCUT2D eigenvalue weighted by atomic mass is 9.87. The number of ketones is 1. The van der Waals surface area contributed by atoms with Crippen molar-refractivity contribution in [2.45, 2.75) is 59.0 Å². The van der Waals surface area contributed by atoms with Crippen LogP contribution >= 0.6 is 0 Å². The van der Waals surface area contributed by atoms with Gasteiger partial charge in [0.05, 0.1) is 0 Å². The van der Waals surface area contributed by atoms with Crippen LogP contribution in [0.3, 0.4) is 0 Å². The van der Waals surface area contributed by atoms with Crippen LogP contribution in [0.4, 0.5) is 0 Å². The van der Waals surface area contributed by atoms with Gasteiger partial charge in [0, 0.05) is 37.5 Å². The topological polar surface area (TPSA) is 23.6 Å². The molecule has 0 radical (unpaired) electrons. The van der Waals surface area contributed by atoms with E-state index in [0.29, 0.717) is 17.7 Å². The number of hydrogen-bond donors (Lipinski definition) is 0. The van der Waals surface area contributed by atoms with Crippen molar-refractivity contribution in [2.24, 2.45) is 11.8 Å². The second kappa shape index (κ2) is 6.36. The molecule has 0 aromatic heterocycles. The molecular weight excluding hydrogens is 236 g/mol. The Morgan fingerprint density at radius 2 is 1.68 bits per heavy atom. The van der Waals surface area contributed by atoms with Gasteiger partial charge in [-0.1, -0.05) is 13.8 Å². The van der Waals surface area contributed by atoms with E-state index in [1.54, 1.807) is 0 Å². The number of likely N-dealkylation sites (tertiary alicyclic amines) is 2. The Balaban J connectivity index is 1.68. The molecular formula is C16H30N2O. The summed E-state index contributed by atoms with van der Waals surface area (Å²) >= 11 is 0. The van der Waals surface area contributed by atoms with E-state index in [2.05, 4.69) is 23.6 Å². The summed E-state index contributed by atoms with van der Waals surface area (Å²) in [6.07, 6.45) is 3.25. The Morgan fingerprint density at radius 1 is 1.11 bits per heavy atom. The van der Waals surface area contributed by atoms with E-state index in [1.165, 1.54) is 39.0 Å². The minimum Gasteiger partial charge on any atom is -0.299 e. The number of rotatable bonds is 5. The average molecular weight is 266 g/mol. The molecule has 0 aromatic rings. The molecule has 0 N–H and O–H groups in total. The second-order valence-electron chi connectivity index (χ2n) is 7.01. The van der Waals surface area contributed by atoms with Crippen molar-refractivity contribution < 1.29 is 4.79 Å². The number of nitrogens with zero attached hydrogens (tertiary/aromatic N) is 2. The van der Waals surface area contributed by atoms with E-state index in [9.17, 15) is 4.79 Å². The van der Waals surface area contributed by atoms with E-state index < -0.39 is 0 Å². The summed E-state index contributed by atoms with van der Waals surface area (Å²) in [5, 5.41) is 0. The Bertz CT molecular complexity index is 300. The predicted octanol–water partition coefficient (Wildman–Crippen LogP) is 2.41. The fraction of sp³-hybridized carbons (Fsp3) is 0.938. The van der Waals surface area contributed by atoms with Crippen LogP contribution in [0.25, 0.3) is 0 Å². The van der Waals surface area contributed by atoms with E-state index in [0.717, 1.165) is 12.5 Å². The largest absolute Gasteiger partial charge is 0.299 e. The first-order valence-corrected chi connectivity index (χ1v) is 7.98. The molecule has 2 aliphatic heterocycles. The van der Waals surface area contributed by atoms with E-state index >= 15 is 0 Å². The van der Waals surface area contributed by atoms with Gasteiger partial charge in [0.2, 0.25) is 0 Å². The van der Waals surface area contributed by atoms with Crippen molar-refractivity contribution in [3.05, 3.63) is 0 Å². The van der Waals surface area contributed by atoms with Crippen LogP contribution < -0.4 is 0 Å². The van der Waals surface area contributed by atoms with Crippen LogP contribution in [0, 0.1) is 11.8 Å². The highest BCUT2D eigenvalue weighted by molar-refractivity contribution is 5.80. The number of carbonyl (C=O) groups excluding carboxylic acids is 1. The van der Waals surface area contributed by atoms with E-state index in [-0.39, 0.29) is 5.92 Å². The van der Waals surface area contributed by atoms with Gasteiger partial charge in [-0.25, -0.2) is 0 Å². The molecule has 0 spiro atoms. The molecule has 0 aliphatic carbocycles. The lowest BCUT2D eigenvalue weighted by molar-refractivity contribution is -0.123. The molecule has 3 nitrogen and oxygen atoms in total. The van der Waals surface area contributed by atoms with Crippen molar-refractivity contribution >= 4 is 5.78 Å². The lowest BCUT2D eigenvalue weighted by Crippen LogP contribution is -2.62. The van der Waals surface area contributed by atoms with Crippen LogP contribution in [0.2, 0.25) is 0 Å². The van der Waals surface area contributed by atoms with Crippen molar-refractivity contribution in [1.29, 1.82) is 0 Å². The highest BCUT2D eigenvalue weighted by Gasteiger charge is 2.35. The Hall–Kier alpha value is -0.410. The maximum absolute atomic E-state index is 11.8. The summed E-state index contributed by atoms with van der Waals surface area (Å²) < 4.78 is 0. The van der Waals surface area contributed by atoms with Gasteiger partial charge >= 0.3 is 0 Å². The van der Waals surface area contributed by atoms with Gasteiger partial charge in [0.1, 0.15) is 5.78 Å². The van der Waals surface area contributed by atoms with Crippen LogP contribution in [0.1, 0.15) is 47.0 Å². The zero-order chi connectivity index (χ0) is 14.0. The van der Waals surface area contributed by atoms with Crippen LogP contribution in [-0.2, 0) is 4.79 Å². The van der Waals surface area contributed by atoms with E-state index in [1.807, 2.05) is 13.8 Å². The maximum Gasteiger partial charge on any atom is 0.135 e. The molecule has 0 unspecified atom stereocenters. The van der Waals surface area contributed by atoms with Gasteiger partial charge in [-0.3, -0.25) is 14.6 Å². The third-order valence-corrected chi connectivity index (χ3v) is 4.92. The molecule has 2 fully saturated rings. The van der Waals surface area contributed by atoms with Gasteiger partial charge < -0.3 is 0 Å². The van der Waals surface area contributed by atoms with Crippen molar-refractivity contribution in [2.75, 3.05) is 26.2 Å². The van der Waals surface area contributed by atoms with E-state index in [4.69, 9.17) is 0 Å². The molecule has 0 atom stereocenters. The van der Waals surface area contributed by atoms with Crippen molar-refractivity contribution in [1.82, 2.24) is 9.80 Å². The van der Waals surface area contributed by atoms with Gasteiger partial charge in [-0.15, -0.1) is 0 Å². The molecule has 19 heavy (non-hydrogen) atoms. The molecule has 2 heterocycles. The van der Waals surface area contributed by atoms with Crippen LogP contribution in [0.15, 0.2) is 0 Å². The molecule has 2 aliphatic rings. The Kier molecular flexibility index (Phi) is 5.02. The smallest absolute Gasteiger partial charge is 0.135 e. The number of Topliss-reactive ketones (excluding diaryl/α,β-unsaturated/α-hetero) is 1. The minimum absolute atomic E-state index is 0.212. The summed E-state index contributed by atoms with van der Waals surface area (Å²) in [4.78, 5) is 17.0. The van der Waals surface area contributed by atoms with Gasteiger partial charge in [-0.2, -0.15) is 0 Å². The van der Waals surface area contributed by atoms with Crippen LogP contribution in [0.5, 0.6) is 0 Å². The SMILES string of the molecule is CC(C)C(=O)CC1CCN(C2CN(C(C)C)C2)CC1. The monoisotopic (exact) mass is 266 g/mol. The summed E-state index contributed by atoms with van der Waals surface area (Å²) in [6.45, 7) is 13.5. The van der Waals surface area contributed by atoms with Crippen molar-refractivity contribution in [3.63, 3.8) is 0 Å². The number of carbonyl (C=O) groups is 1. The highest BCUT2D eigenvalue weighted by Crippen LogP contribution is 2.26. The molecule has 2 saturated heterocycles. The molecule has 3 heteroatoms. The first-order chi connectivity index (χ1) is 8.97. The molecule has 2 rings (SSSR count). The standard InChI is InChI=1S/C16H30N2O/c1-12(2)16(19)9-14-5-7-17(8-6-14)15-10-18(11-15)13(3)4/h12-15H,5-11H2,1-4H3. The summed E-state index contributed by atoms with van der Waals surface area (Å²) in [7, 11) is 0. The molecule has 110 valence electrons. The first kappa shape index (κ1) is 15.0. The van der Waals surface area contributed by atoms with Gasteiger partial charge in [0.25, 0.3) is 0 Å². The zero-order valence-corrected chi connectivity index (χ0v) is 13.1. The molecule has 0 saturated carbocycles. The highest BCUT2D eigenvalue weighted by atomic mass is 16.1. The summed E-state index contributed by atoms with van der Waals surface area (Å²) in [5.41, 5.74) is 0. The normalized spacial score (nSPS) is 24.1. The van der Waals surface area contributed by atoms with Gasteiger partial charge in [0.15, 0.2) is 0 Å². The first-order valence-electron chi connectivity index (χ1n) is 7.98. The Labute approximate surface area is 118 Å². The number of hydrogen-bond acceptors (Lipinski definition) is 3. The van der Waals surface area contributed by atoms with Gasteiger partial charge in [-0.05, 0) is 45.7 Å². The lowest BCUT2D eigenvalue weighted by Gasteiger charge is -2.49. The zero-order valence-electron chi connectivity index (χ0n) is 13.1. The summed E-state index contributed by atoms with van der Waals surface area (Å²) in [5.74, 6) is 1.31. The maximum atomic E-state index is 11.8. The predicted molar refractivity (Wildman–Crippen MR) is 79.3 cm³/mol. The third kappa shape index (κ3) is 3.79. The number of piperidine rings is 1. The van der Waals surface area contributed by atoms with Crippen molar-refractivity contribution in [3.8, 4) is 0 Å². The molecule has 0 amide bonds. The molecule has 0 bridgehead atoms.